The number of benzene rings is 2. The number of para-hydroxylation sites is 1. The number of hydrogen-bond donors (Lipinski definition) is 0. The molecule has 0 bridgehead atoms. The normalized spacial score (nSPS) is 10.8. The van der Waals surface area contributed by atoms with Gasteiger partial charge >= 0.3 is 0 Å². The molecule has 0 spiro atoms. The lowest BCUT2D eigenvalue weighted by Gasteiger charge is -1.98. The molecular formula is C18H11ClN4O2S. The Bertz CT molecular complexity index is 1150. The highest BCUT2D eigenvalue weighted by Crippen LogP contribution is 2.31. The molecule has 0 aliphatic heterocycles. The summed E-state index contributed by atoms with van der Waals surface area (Å²) < 4.78 is 12.1. The predicted octanol–water partition coefficient (Wildman–Crippen LogP) is 4.47. The van der Waals surface area contributed by atoms with Crippen LogP contribution in [0.4, 0.5) is 0 Å². The maximum atomic E-state index is 9.26. The molecule has 0 aliphatic carbocycles. The van der Waals surface area contributed by atoms with Gasteiger partial charge in [-0.25, -0.2) is 4.98 Å². The fraction of sp³-hybridized carbons (Fsp3) is 0.111. The van der Waals surface area contributed by atoms with Gasteiger partial charge in [0.05, 0.1) is 29.4 Å². The molecule has 0 fully saturated rings. The summed E-state index contributed by atoms with van der Waals surface area (Å²) in [6, 6.07) is 12.8. The lowest BCUT2D eigenvalue weighted by molar-refractivity contribution is 0.419. The van der Waals surface area contributed by atoms with E-state index in [0.717, 1.165) is 21.0 Å². The first-order valence-electron chi connectivity index (χ1n) is 7.63. The average molecular weight is 383 g/mol. The highest BCUT2D eigenvalue weighted by Gasteiger charge is 2.16. The molecule has 0 amide bonds. The van der Waals surface area contributed by atoms with Gasteiger partial charge < -0.3 is 9.15 Å². The van der Waals surface area contributed by atoms with E-state index in [4.69, 9.17) is 20.8 Å². The fourth-order valence-electron chi connectivity index (χ4n) is 2.57. The molecule has 128 valence electrons. The van der Waals surface area contributed by atoms with Crippen LogP contribution in [0.2, 0.25) is 5.02 Å². The summed E-state index contributed by atoms with van der Waals surface area (Å²) in [5.41, 5.74) is 1.76. The number of thiazole rings is 1. The highest BCUT2D eigenvalue weighted by molar-refractivity contribution is 7.18. The van der Waals surface area contributed by atoms with Crippen LogP contribution in [0.1, 0.15) is 16.5 Å². The minimum atomic E-state index is 0.284. The van der Waals surface area contributed by atoms with Gasteiger partial charge in [0.15, 0.2) is 0 Å². The van der Waals surface area contributed by atoms with E-state index in [1.165, 1.54) is 0 Å². The quantitative estimate of drug-likeness (QED) is 0.517. The van der Waals surface area contributed by atoms with E-state index in [1.54, 1.807) is 36.6 Å². The van der Waals surface area contributed by atoms with Gasteiger partial charge in [-0.3, -0.25) is 0 Å². The zero-order valence-electron chi connectivity index (χ0n) is 13.6. The third-order valence-corrected chi connectivity index (χ3v) is 5.00. The van der Waals surface area contributed by atoms with Crippen molar-refractivity contribution in [2.24, 2.45) is 0 Å². The number of nitriles is 1. The van der Waals surface area contributed by atoms with Crippen LogP contribution in [0.3, 0.4) is 0 Å². The van der Waals surface area contributed by atoms with Crippen molar-refractivity contribution in [2.45, 2.75) is 6.42 Å². The zero-order valence-corrected chi connectivity index (χ0v) is 15.1. The molecule has 0 aliphatic rings. The van der Waals surface area contributed by atoms with E-state index in [2.05, 4.69) is 21.3 Å². The van der Waals surface area contributed by atoms with E-state index in [-0.39, 0.29) is 5.89 Å². The Morgan fingerprint density at radius 1 is 1.27 bits per heavy atom. The summed E-state index contributed by atoms with van der Waals surface area (Å²) in [7, 11) is 1.62. The molecule has 0 radical (unpaired) electrons. The Kier molecular flexibility index (Phi) is 4.29. The van der Waals surface area contributed by atoms with Gasteiger partial charge in [-0.15, -0.1) is 21.5 Å². The summed E-state index contributed by atoms with van der Waals surface area (Å²) in [5.74, 6) is 1.44. The van der Waals surface area contributed by atoms with Crippen molar-refractivity contribution >= 4 is 33.2 Å². The summed E-state index contributed by atoms with van der Waals surface area (Å²) in [6.07, 6.45) is 0.408. The van der Waals surface area contributed by atoms with Crippen molar-refractivity contribution < 1.29 is 9.15 Å². The lowest BCUT2D eigenvalue weighted by atomic mass is 10.1. The van der Waals surface area contributed by atoms with Crippen molar-refractivity contribution in [2.75, 3.05) is 7.11 Å². The smallest absolute Gasteiger partial charge is 0.249 e. The topological polar surface area (TPSA) is 84.8 Å². The summed E-state index contributed by atoms with van der Waals surface area (Å²) >= 11 is 7.47. The first-order valence-corrected chi connectivity index (χ1v) is 8.82. The number of fused-ring (bicyclic) bond motifs is 1. The van der Waals surface area contributed by atoms with Crippen molar-refractivity contribution in [3.8, 4) is 23.3 Å². The van der Waals surface area contributed by atoms with Gasteiger partial charge in [0.1, 0.15) is 22.3 Å². The number of aromatic nitrogens is 3. The highest BCUT2D eigenvalue weighted by atomic mass is 35.5. The Hall–Kier alpha value is -2.95. The van der Waals surface area contributed by atoms with Gasteiger partial charge in [0.25, 0.3) is 0 Å². The van der Waals surface area contributed by atoms with E-state index in [1.807, 2.05) is 18.2 Å². The van der Waals surface area contributed by atoms with Gasteiger partial charge in [-0.2, -0.15) is 5.26 Å². The van der Waals surface area contributed by atoms with Gasteiger partial charge in [-0.05, 0) is 30.3 Å². The van der Waals surface area contributed by atoms with Crippen molar-refractivity contribution in [3.05, 3.63) is 57.9 Å². The maximum Gasteiger partial charge on any atom is 0.249 e. The number of hydrogen-bond acceptors (Lipinski definition) is 7. The molecule has 4 rings (SSSR count). The first-order chi connectivity index (χ1) is 12.7. The van der Waals surface area contributed by atoms with Gasteiger partial charge in [-0.1, -0.05) is 17.7 Å². The number of methoxy groups -OCH3 is 1. The maximum absolute atomic E-state index is 9.26. The van der Waals surface area contributed by atoms with Crippen molar-refractivity contribution in [1.29, 1.82) is 5.26 Å². The van der Waals surface area contributed by atoms with E-state index < -0.39 is 0 Å². The molecule has 2 aromatic heterocycles. The minimum Gasteiger partial charge on any atom is -0.494 e. The second-order valence-corrected chi connectivity index (χ2v) is 6.95. The standard InChI is InChI=1S/C18H11ClN4O2S/c1-24-13-3-2-4-14-17(13)21-16(26-14)8-15-22-23-18(25-15)12-6-5-11(19)7-10(12)9-20/h2-7H,8H2,1H3. The summed E-state index contributed by atoms with van der Waals surface area (Å²) in [5, 5.41) is 18.7. The Morgan fingerprint density at radius 2 is 2.15 bits per heavy atom. The second-order valence-electron chi connectivity index (χ2n) is 5.39. The minimum absolute atomic E-state index is 0.284. The SMILES string of the molecule is COc1cccc2sc(Cc3nnc(-c4ccc(Cl)cc4C#N)o3)nc12. The Balaban J connectivity index is 1.65. The molecule has 2 aromatic carbocycles. The number of ether oxygens (including phenoxy) is 1. The van der Waals surface area contributed by atoms with Crippen molar-refractivity contribution in [3.63, 3.8) is 0 Å². The first kappa shape index (κ1) is 16.5. The lowest BCUT2D eigenvalue weighted by Crippen LogP contribution is -1.88. The largest absolute Gasteiger partial charge is 0.494 e. The number of halogens is 1. The Morgan fingerprint density at radius 3 is 2.96 bits per heavy atom. The zero-order chi connectivity index (χ0) is 18.1. The van der Waals surface area contributed by atoms with Crippen LogP contribution >= 0.6 is 22.9 Å². The Labute approximate surface area is 157 Å². The molecule has 26 heavy (non-hydrogen) atoms. The molecule has 0 N–H and O–H groups in total. The molecule has 0 saturated carbocycles. The molecule has 0 unspecified atom stereocenters. The monoisotopic (exact) mass is 382 g/mol. The fourth-order valence-corrected chi connectivity index (χ4v) is 3.72. The van der Waals surface area contributed by atoms with Crippen LogP contribution in [0.5, 0.6) is 5.75 Å². The van der Waals surface area contributed by atoms with Crippen LogP contribution in [-0.4, -0.2) is 22.3 Å². The number of nitrogens with zero attached hydrogens (tertiary/aromatic N) is 4. The third kappa shape index (κ3) is 3.01. The number of rotatable bonds is 4. The molecule has 2 heterocycles. The summed E-state index contributed by atoms with van der Waals surface area (Å²) in [6.45, 7) is 0. The molecule has 8 heteroatoms. The second kappa shape index (κ2) is 6.75. The molecular weight excluding hydrogens is 372 g/mol. The van der Waals surface area contributed by atoms with Crippen LogP contribution in [-0.2, 0) is 6.42 Å². The third-order valence-electron chi connectivity index (χ3n) is 3.75. The predicted molar refractivity (Wildman–Crippen MR) is 98.4 cm³/mol. The van der Waals surface area contributed by atoms with Crippen LogP contribution in [0.15, 0.2) is 40.8 Å². The molecule has 0 atom stereocenters. The van der Waals surface area contributed by atoms with E-state index >= 15 is 0 Å². The van der Waals surface area contributed by atoms with E-state index in [9.17, 15) is 5.26 Å². The van der Waals surface area contributed by atoms with Crippen LogP contribution in [0, 0.1) is 11.3 Å². The van der Waals surface area contributed by atoms with Crippen LogP contribution < -0.4 is 4.74 Å². The van der Waals surface area contributed by atoms with Gasteiger partial charge in [0, 0.05) is 5.02 Å². The average Bonchev–Trinajstić information content (AvgIpc) is 3.27. The van der Waals surface area contributed by atoms with Crippen molar-refractivity contribution in [1.82, 2.24) is 15.2 Å². The van der Waals surface area contributed by atoms with Gasteiger partial charge in [0.2, 0.25) is 11.8 Å². The summed E-state index contributed by atoms with van der Waals surface area (Å²) in [4.78, 5) is 4.60. The van der Waals surface area contributed by atoms with E-state index in [0.29, 0.717) is 28.5 Å². The van der Waals surface area contributed by atoms with Crippen LogP contribution in [0.25, 0.3) is 21.7 Å². The molecule has 4 aromatic rings. The molecule has 6 nitrogen and oxygen atoms in total. The molecule has 0 saturated heterocycles.